The van der Waals surface area contributed by atoms with Crippen molar-refractivity contribution < 1.29 is 0 Å². The minimum Gasteiger partial charge on any atom is -0.114 e. The Bertz CT molecular complexity index is 269. The third-order valence-electron chi connectivity index (χ3n) is 1.48. The van der Waals surface area contributed by atoms with Gasteiger partial charge in [0.15, 0.2) is 0 Å². The Morgan fingerprint density at radius 3 is 3.18 bits per heavy atom. The van der Waals surface area contributed by atoms with Crippen LogP contribution in [0, 0.1) is 0 Å². The van der Waals surface area contributed by atoms with Gasteiger partial charge in [-0.15, -0.1) is 11.8 Å². The molecule has 0 unspecified atom stereocenters. The summed E-state index contributed by atoms with van der Waals surface area (Å²) >= 11 is 3.73. The Labute approximate surface area is 75.1 Å². The number of allylic oxidation sites excluding steroid dienone is 5. The number of hydrogen-bond donors (Lipinski definition) is 0. The molecule has 0 aromatic carbocycles. The summed E-state index contributed by atoms with van der Waals surface area (Å²) in [6.45, 7) is 0. The first-order valence-electron chi connectivity index (χ1n) is 3.50. The van der Waals surface area contributed by atoms with E-state index in [1.807, 2.05) is 23.5 Å². The van der Waals surface area contributed by atoms with Crippen LogP contribution in [0.15, 0.2) is 45.6 Å². The predicted molar refractivity (Wildman–Crippen MR) is 54.5 cm³/mol. The van der Waals surface area contributed by atoms with E-state index in [9.17, 15) is 0 Å². The van der Waals surface area contributed by atoms with Crippen LogP contribution in [0.5, 0.6) is 0 Å². The predicted octanol–water partition coefficient (Wildman–Crippen LogP) is 3.32. The molecule has 2 heteroatoms. The highest BCUT2D eigenvalue weighted by Crippen LogP contribution is 2.37. The van der Waals surface area contributed by atoms with Gasteiger partial charge in [0.2, 0.25) is 0 Å². The molecule has 0 fully saturated rings. The third-order valence-corrected chi connectivity index (χ3v) is 3.73. The molecule has 0 atom stereocenters. The van der Waals surface area contributed by atoms with Crippen molar-refractivity contribution in [3.05, 3.63) is 45.6 Å². The summed E-state index contributed by atoms with van der Waals surface area (Å²) in [5.74, 6) is 1.12. The van der Waals surface area contributed by atoms with Gasteiger partial charge >= 0.3 is 0 Å². The summed E-state index contributed by atoms with van der Waals surface area (Å²) in [4.78, 5) is 0. The van der Waals surface area contributed by atoms with Gasteiger partial charge in [-0.3, -0.25) is 0 Å². The van der Waals surface area contributed by atoms with Crippen molar-refractivity contribution in [1.82, 2.24) is 0 Å². The largest absolute Gasteiger partial charge is 0.114 e. The molecule has 2 aliphatic rings. The fraction of sp³-hybridized carbons (Fsp3) is 0.111. The average Bonchev–Trinajstić information content (AvgIpc) is 2.28. The lowest BCUT2D eigenvalue weighted by atomic mass is 10.2. The number of rotatable bonds is 0. The maximum atomic E-state index is 2.21. The molecule has 2 heterocycles. The van der Waals surface area contributed by atoms with Crippen LogP contribution >= 0.6 is 23.5 Å². The van der Waals surface area contributed by atoms with E-state index in [0.29, 0.717) is 0 Å². The Morgan fingerprint density at radius 1 is 1.18 bits per heavy atom. The fourth-order valence-electron chi connectivity index (χ4n) is 0.982. The average molecular weight is 180 g/mol. The SMILES string of the molecule is C1=CSC2=C(C=C1)C=CCS2. The quantitative estimate of drug-likeness (QED) is 0.561. The van der Waals surface area contributed by atoms with E-state index in [1.165, 1.54) is 9.81 Å². The van der Waals surface area contributed by atoms with E-state index in [0.717, 1.165) is 5.75 Å². The van der Waals surface area contributed by atoms with Crippen LogP contribution in [0.2, 0.25) is 0 Å². The molecule has 0 aliphatic carbocycles. The Balaban J connectivity index is 2.34. The molecule has 0 aromatic heterocycles. The summed E-state index contributed by atoms with van der Waals surface area (Å²) in [5.41, 5.74) is 1.36. The second kappa shape index (κ2) is 3.37. The first kappa shape index (κ1) is 7.32. The maximum absolute atomic E-state index is 2.21. The summed E-state index contributed by atoms with van der Waals surface area (Å²) in [6.07, 6.45) is 10.7. The van der Waals surface area contributed by atoms with Gasteiger partial charge in [0, 0.05) is 5.75 Å². The lowest BCUT2D eigenvalue weighted by molar-refractivity contribution is 1.63. The monoisotopic (exact) mass is 180 g/mol. The first-order chi connectivity index (χ1) is 5.47. The highest BCUT2D eigenvalue weighted by Gasteiger charge is 2.06. The van der Waals surface area contributed by atoms with Crippen molar-refractivity contribution in [3.63, 3.8) is 0 Å². The molecule has 0 bridgehead atoms. The summed E-state index contributed by atoms with van der Waals surface area (Å²) in [5, 5.41) is 2.13. The first-order valence-corrected chi connectivity index (χ1v) is 5.37. The Kier molecular flexibility index (Phi) is 2.24. The molecule has 0 nitrogen and oxygen atoms in total. The molecule has 11 heavy (non-hydrogen) atoms. The van der Waals surface area contributed by atoms with Gasteiger partial charge in [-0.05, 0) is 11.0 Å². The molecule has 0 radical (unpaired) electrons. The van der Waals surface area contributed by atoms with Gasteiger partial charge in [-0.25, -0.2) is 0 Å². The van der Waals surface area contributed by atoms with Crippen molar-refractivity contribution in [2.24, 2.45) is 0 Å². The molecule has 0 saturated carbocycles. The zero-order valence-electron chi connectivity index (χ0n) is 5.99. The van der Waals surface area contributed by atoms with Crippen molar-refractivity contribution in [1.29, 1.82) is 0 Å². The van der Waals surface area contributed by atoms with Gasteiger partial charge < -0.3 is 0 Å². The maximum Gasteiger partial charge on any atom is 0.0519 e. The third kappa shape index (κ3) is 1.63. The van der Waals surface area contributed by atoms with E-state index in [4.69, 9.17) is 0 Å². The van der Waals surface area contributed by atoms with Crippen LogP contribution in [0.25, 0.3) is 0 Å². The van der Waals surface area contributed by atoms with E-state index < -0.39 is 0 Å². The fourth-order valence-corrected chi connectivity index (χ4v) is 2.84. The highest BCUT2D eigenvalue weighted by atomic mass is 32.2. The topological polar surface area (TPSA) is 0 Å². The van der Waals surface area contributed by atoms with Crippen molar-refractivity contribution >= 4 is 23.5 Å². The lowest BCUT2D eigenvalue weighted by Gasteiger charge is -2.08. The second-order valence-electron chi connectivity index (χ2n) is 2.26. The Morgan fingerprint density at radius 2 is 2.18 bits per heavy atom. The molecular weight excluding hydrogens is 172 g/mol. The summed E-state index contributed by atoms with van der Waals surface area (Å²) < 4.78 is 1.43. The van der Waals surface area contributed by atoms with Gasteiger partial charge in [0.1, 0.15) is 0 Å². The molecule has 0 N–H and O–H groups in total. The van der Waals surface area contributed by atoms with Crippen LogP contribution < -0.4 is 0 Å². The summed E-state index contributed by atoms with van der Waals surface area (Å²) in [6, 6.07) is 0. The molecule has 2 rings (SSSR count). The van der Waals surface area contributed by atoms with Gasteiger partial charge in [0.25, 0.3) is 0 Å². The molecule has 56 valence electrons. The number of thioether (sulfide) groups is 2. The van der Waals surface area contributed by atoms with Crippen LogP contribution in [-0.2, 0) is 0 Å². The number of hydrogen-bond acceptors (Lipinski definition) is 2. The Hall–Kier alpha value is -0.340. The van der Waals surface area contributed by atoms with Crippen molar-refractivity contribution in [2.45, 2.75) is 0 Å². The normalized spacial score (nSPS) is 21.8. The molecular formula is C9H8S2. The highest BCUT2D eigenvalue weighted by molar-refractivity contribution is 8.23. The van der Waals surface area contributed by atoms with Gasteiger partial charge in [-0.1, -0.05) is 42.1 Å². The molecule has 0 spiro atoms. The van der Waals surface area contributed by atoms with Crippen LogP contribution in [0.4, 0.5) is 0 Å². The van der Waals surface area contributed by atoms with Crippen molar-refractivity contribution in [3.8, 4) is 0 Å². The standard InChI is InChI=1S/C9H8S2/c1-2-6-10-9-8(4-1)5-3-7-11-9/h1-6H,7H2. The van der Waals surface area contributed by atoms with Crippen LogP contribution in [0.1, 0.15) is 0 Å². The van der Waals surface area contributed by atoms with E-state index in [2.05, 4.69) is 35.8 Å². The zero-order chi connectivity index (χ0) is 7.52. The zero-order valence-corrected chi connectivity index (χ0v) is 7.62. The van der Waals surface area contributed by atoms with Crippen molar-refractivity contribution in [2.75, 3.05) is 5.75 Å². The lowest BCUT2D eigenvalue weighted by Crippen LogP contribution is -1.84. The smallest absolute Gasteiger partial charge is 0.0519 e. The van der Waals surface area contributed by atoms with E-state index in [1.54, 1.807) is 0 Å². The van der Waals surface area contributed by atoms with Crippen LogP contribution in [-0.4, -0.2) is 5.75 Å². The van der Waals surface area contributed by atoms with Crippen LogP contribution in [0.3, 0.4) is 0 Å². The van der Waals surface area contributed by atoms with E-state index >= 15 is 0 Å². The molecule has 2 aliphatic heterocycles. The minimum absolute atomic E-state index is 1.12. The summed E-state index contributed by atoms with van der Waals surface area (Å²) in [7, 11) is 0. The molecule has 0 amide bonds. The molecule has 0 saturated heterocycles. The molecule has 0 aromatic rings. The second-order valence-corrected chi connectivity index (χ2v) is 4.47. The minimum atomic E-state index is 1.12. The van der Waals surface area contributed by atoms with Gasteiger partial charge in [-0.2, -0.15) is 0 Å². The van der Waals surface area contributed by atoms with Gasteiger partial charge in [0.05, 0.1) is 4.24 Å². The van der Waals surface area contributed by atoms with E-state index in [-0.39, 0.29) is 0 Å².